The second kappa shape index (κ2) is 9.98. The number of rotatable bonds is 4. The minimum Gasteiger partial charge on any atom is -0.432 e. The Morgan fingerprint density at radius 1 is 1.20 bits per heavy atom. The number of ether oxygens (including phenoxy) is 3. The predicted octanol–water partition coefficient (Wildman–Crippen LogP) is 3.89. The minimum absolute atomic E-state index is 0.257. The SMILES string of the molecule is N#Cc1c(N)ccc2c1[C@]1(CCC2)Cc2nc(OC=CC34CCCN3C[C@H](F)C4)nc(N3CCCOC3)c2CO1. The molecule has 210 valence electrons. The van der Waals surface area contributed by atoms with Gasteiger partial charge in [0.1, 0.15) is 30.4 Å². The Labute approximate surface area is 233 Å². The van der Waals surface area contributed by atoms with Crippen molar-refractivity contribution in [3.05, 3.63) is 52.4 Å². The molecule has 2 N–H and O–H groups in total. The lowest BCUT2D eigenvalue weighted by Crippen LogP contribution is -2.42. The number of nitrogen functional groups attached to an aromatic ring is 1. The average molecular weight is 547 g/mol. The van der Waals surface area contributed by atoms with Crippen LogP contribution in [0, 0.1) is 11.3 Å². The summed E-state index contributed by atoms with van der Waals surface area (Å²) in [4.78, 5) is 14.0. The number of aromatic nitrogens is 2. The van der Waals surface area contributed by atoms with Gasteiger partial charge in [-0.05, 0) is 62.8 Å². The summed E-state index contributed by atoms with van der Waals surface area (Å²) in [5.74, 6) is 0.761. The van der Waals surface area contributed by atoms with Gasteiger partial charge in [-0.25, -0.2) is 4.39 Å². The van der Waals surface area contributed by atoms with Crippen LogP contribution in [0.15, 0.2) is 24.5 Å². The number of hydrogen-bond donors (Lipinski definition) is 1. The molecule has 9 nitrogen and oxygen atoms in total. The molecule has 4 aliphatic heterocycles. The number of halogens is 1. The van der Waals surface area contributed by atoms with Crippen LogP contribution in [0.2, 0.25) is 0 Å². The van der Waals surface area contributed by atoms with Crippen molar-refractivity contribution in [2.75, 3.05) is 43.6 Å². The van der Waals surface area contributed by atoms with Crippen LogP contribution in [0.25, 0.3) is 0 Å². The molecule has 5 aliphatic rings. The molecular weight excluding hydrogens is 511 g/mol. The average Bonchev–Trinajstić information content (AvgIpc) is 3.48. The van der Waals surface area contributed by atoms with Crippen LogP contribution in [0.3, 0.4) is 0 Å². The second-order valence-electron chi connectivity index (χ2n) is 11.8. The van der Waals surface area contributed by atoms with Crippen molar-refractivity contribution in [3.8, 4) is 12.1 Å². The monoisotopic (exact) mass is 546 g/mol. The van der Waals surface area contributed by atoms with E-state index in [1.54, 1.807) is 6.26 Å². The van der Waals surface area contributed by atoms with Gasteiger partial charge in [-0.3, -0.25) is 4.90 Å². The highest BCUT2D eigenvalue weighted by Crippen LogP contribution is 2.48. The Morgan fingerprint density at radius 3 is 2.98 bits per heavy atom. The fourth-order valence-corrected chi connectivity index (χ4v) is 7.55. The Balaban J connectivity index is 1.25. The van der Waals surface area contributed by atoms with Gasteiger partial charge >= 0.3 is 6.01 Å². The van der Waals surface area contributed by atoms with E-state index in [0.29, 0.717) is 44.0 Å². The number of alkyl halides is 1. The van der Waals surface area contributed by atoms with Crippen molar-refractivity contribution in [2.45, 2.75) is 75.3 Å². The summed E-state index contributed by atoms with van der Waals surface area (Å²) in [5.41, 5.74) is 10.1. The van der Waals surface area contributed by atoms with Crippen LogP contribution in [0.4, 0.5) is 15.9 Å². The molecule has 0 bridgehead atoms. The molecule has 1 aromatic carbocycles. The molecule has 1 aliphatic carbocycles. The van der Waals surface area contributed by atoms with Gasteiger partial charge in [0.05, 0.1) is 30.7 Å². The van der Waals surface area contributed by atoms with Gasteiger partial charge < -0.3 is 24.8 Å². The third-order valence-electron chi connectivity index (χ3n) is 9.39. The van der Waals surface area contributed by atoms with E-state index < -0.39 is 11.8 Å². The molecule has 3 saturated heterocycles. The molecule has 0 radical (unpaired) electrons. The van der Waals surface area contributed by atoms with E-state index in [4.69, 9.17) is 29.9 Å². The fourth-order valence-electron chi connectivity index (χ4n) is 7.55. The molecule has 10 heteroatoms. The number of hydrogen-bond acceptors (Lipinski definition) is 9. The van der Waals surface area contributed by atoms with Gasteiger partial charge in [-0.2, -0.15) is 15.2 Å². The number of nitrogens with zero attached hydrogens (tertiary/aromatic N) is 5. The number of nitriles is 1. The first-order valence-electron chi connectivity index (χ1n) is 14.4. The van der Waals surface area contributed by atoms with Crippen LogP contribution in [0.1, 0.15) is 66.5 Å². The van der Waals surface area contributed by atoms with E-state index in [-0.39, 0.29) is 11.5 Å². The van der Waals surface area contributed by atoms with Gasteiger partial charge in [0.2, 0.25) is 0 Å². The Hall–Kier alpha value is -3.26. The third-order valence-corrected chi connectivity index (χ3v) is 9.39. The van der Waals surface area contributed by atoms with Crippen molar-refractivity contribution in [1.29, 1.82) is 5.26 Å². The summed E-state index contributed by atoms with van der Waals surface area (Å²) >= 11 is 0. The maximum absolute atomic E-state index is 14.2. The zero-order chi connectivity index (χ0) is 27.3. The Kier molecular flexibility index (Phi) is 6.41. The van der Waals surface area contributed by atoms with Crippen LogP contribution in [-0.2, 0) is 34.5 Å². The fraction of sp³-hybridized carbons (Fsp3) is 0.567. The number of fused-ring (bicyclic) bond motifs is 4. The summed E-state index contributed by atoms with van der Waals surface area (Å²) in [7, 11) is 0. The predicted molar refractivity (Wildman–Crippen MR) is 146 cm³/mol. The maximum Gasteiger partial charge on any atom is 0.323 e. The van der Waals surface area contributed by atoms with Crippen LogP contribution < -0.4 is 15.4 Å². The largest absolute Gasteiger partial charge is 0.432 e. The Morgan fingerprint density at radius 2 is 2.12 bits per heavy atom. The smallest absolute Gasteiger partial charge is 0.323 e. The summed E-state index contributed by atoms with van der Waals surface area (Å²) in [6.07, 6.45) is 9.35. The zero-order valence-corrected chi connectivity index (χ0v) is 22.7. The molecule has 2 aromatic rings. The topological polar surface area (TPSA) is 110 Å². The van der Waals surface area contributed by atoms with E-state index in [1.807, 2.05) is 18.2 Å². The molecule has 1 spiro atoms. The van der Waals surface area contributed by atoms with E-state index in [2.05, 4.69) is 15.9 Å². The second-order valence-corrected chi connectivity index (χ2v) is 11.8. The zero-order valence-electron chi connectivity index (χ0n) is 22.7. The van der Waals surface area contributed by atoms with Crippen molar-refractivity contribution < 1.29 is 18.6 Å². The van der Waals surface area contributed by atoms with E-state index in [1.165, 1.54) is 0 Å². The first kappa shape index (κ1) is 25.7. The van der Waals surface area contributed by atoms with Crippen molar-refractivity contribution in [3.63, 3.8) is 0 Å². The molecule has 0 amide bonds. The first-order chi connectivity index (χ1) is 19.5. The molecule has 0 saturated carbocycles. The van der Waals surface area contributed by atoms with Crippen molar-refractivity contribution in [1.82, 2.24) is 14.9 Å². The first-order valence-corrected chi connectivity index (χ1v) is 14.4. The third kappa shape index (κ3) is 4.23. The van der Waals surface area contributed by atoms with Crippen molar-refractivity contribution in [2.24, 2.45) is 0 Å². The lowest BCUT2D eigenvalue weighted by atomic mass is 9.72. The standard InChI is InChI=1S/C30H35FN6O3/c31-21-14-29(7-2-11-37(29)17-21)9-13-39-28-34-25-15-30(8-1-4-20-5-6-24(33)22(16-32)26(20)30)40-18-23(25)27(35-28)36-10-3-12-38-19-36/h5-6,9,13,21H,1-4,7-8,10-12,14-15,17-19,33H2/t21-,29?,30+/m1/s1. The molecular formula is C30H35FN6O3. The van der Waals surface area contributed by atoms with Crippen LogP contribution in [0.5, 0.6) is 6.01 Å². The maximum atomic E-state index is 14.2. The summed E-state index contributed by atoms with van der Waals surface area (Å²) in [6, 6.07) is 6.45. The number of benzene rings is 1. The number of aryl methyl sites for hydroxylation is 1. The number of anilines is 2. The lowest BCUT2D eigenvalue weighted by molar-refractivity contribution is -0.0857. The lowest BCUT2D eigenvalue weighted by Gasteiger charge is -2.43. The van der Waals surface area contributed by atoms with Gasteiger partial charge in [0, 0.05) is 48.3 Å². The summed E-state index contributed by atoms with van der Waals surface area (Å²) in [5, 5.41) is 10.0. The minimum atomic E-state index is -0.808. The van der Waals surface area contributed by atoms with Gasteiger partial charge in [-0.15, -0.1) is 0 Å². The molecule has 1 aromatic heterocycles. The van der Waals surface area contributed by atoms with E-state index in [9.17, 15) is 9.65 Å². The van der Waals surface area contributed by atoms with Crippen LogP contribution >= 0.6 is 0 Å². The molecule has 5 heterocycles. The summed E-state index contributed by atoms with van der Waals surface area (Å²) < 4.78 is 32.8. The normalized spacial score (nSPS) is 29.8. The molecule has 7 rings (SSSR count). The Bertz CT molecular complexity index is 1390. The van der Waals surface area contributed by atoms with Crippen LogP contribution in [-0.4, -0.2) is 59.6 Å². The quantitative estimate of drug-likeness (QED) is 0.451. The highest BCUT2D eigenvalue weighted by Gasteiger charge is 2.47. The van der Waals surface area contributed by atoms with E-state index in [0.717, 1.165) is 86.4 Å². The summed E-state index contributed by atoms with van der Waals surface area (Å²) in [6.45, 7) is 3.70. The van der Waals surface area contributed by atoms with Gasteiger partial charge in [-0.1, -0.05) is 6.07 Å². The highest BCUT2D eigenvalue weighted by atomic mass is 19.1. The van der Waals surface area contributed by atoms with E-state index >= 15 is 0 Å². The highest BCUT2D eigenvalue weighted by molar-refractivity contribution is 5.63. The van der Waals surface area contributed by atoms with Gasteiger partial charge in [0.25, 0.3) is 0 Å². The van der Waals surface area contributed by atoms with Crippen molar-refractivity contribution >= 4 is 11.5 Å². The molecule has 40 heavy (non-hydrogen) atoms. The molecule has 3 fully saturated rings. The molecule has 1 unspecified atom stereocenters. The van der Waals surface area contributed by atoms with Gasteiger partial charge in [0.15, 0.2) is 0 Å². The number of nitrogens with two attached hydrogens (primary N) is 1. The molecule has 3 atom stereocenters.